The minimum atomic E-state index is -4.43. The summed E-state index contributed by atoms with van der Waals surface area (Å²) < 4.78 is 44.8. The van der Waals surface area contributed by atoms with E-state index >= 15 is 0 Å². The molecule has 0 fully saturated rings. The predicted octanol–water partition coefficient (Wildman–Crippen LogP) is 7.35. The average molecular weight is 418 g/mol. The summed E-state index contributed by atoms with van der Waals surface area (Å²) in [5.41, 5.74) is 5.41. The number of nitrogens with zero attached hydrogens (tertiary/aromatic N) is 2. The lowest BCUT2D eigenvalue weighted by Gasteiger charge is -2.08. The highest BCUT2D eigenvalue weighted by Gasteiger charge is 2.30. The Kier molecular flexibility index (Phi) is 4.32. The molecule has 0 aliphatic heterocycles. The maximum absolute atomic E-state index is 12.9. The fourth-order valence-corrected chi connectivity index (χ4v) is 3.96. The summed E-state index contributed by atoms with van der Waals surface area (Å²) >= 11 is 0. The molecule has 3 aromatic heterocycles. The number of aromatic nitrogens is 2. The molecule has 0 spiro atoms. The molecule has 5 aromatic rings. The summed E-state index contributed by atoms with van der Waals surface area (Å²) in [6, 6.07) is 18.0. The zero-order valence-electron chi connectivity index (χ0n) is 16.8. The molecule has 5 rings (SSSR count). The first-order valence-electron chi connectivity index (χ1n) is 9.75. The van der Waals surface area contributed by atoms with E-state index in [1.54, 1.807) is 6.07 Å². The lowest BCUT2D eigenvalue weighted by molar-refractivity contribution is -0.137. The smallest absolute Gasteiger partial charge is 0.417 e. The first-order chi connectivity index (χ1) is 14.8. The van der Waals surface area contributed by atoms with Gasteiger partial charge in [-0.2, -0.15) is 13.2 Å². The number of para-hydroxylation sites is 1. The van der Waals surface area contributed by atoms with Crippen molar-refractivity contribution in [2.24, 2.45) is 0 Å². The number of hydrogen-bond acceptors (Lipinski definition) is 3. The molecule has 2 aromatic carbocycles. The number of rotatable bonds is 2. The monoisotopic (exact) mass is 418 g/mol. The first kappa shape index (κ1) is 19.3. The summed E-state index contributed by atoms with van der Waals surface area (Å²) in [5, 5.41) is 1.69. The SMILES string of the molecule is Cc1cccc(C)c1-c1ccc2c(n1)oc1c(-c3ccc(C(F)(F)F)cn3)cccc12. The van der Waals surface area contributed by atoms with E-state index in [4.69, 9.17) is 9.40 Å². The van der Waals surface area contributed by atoms with E-state index in [9.17, 15) is 13.2 Å². The highest BCUT2D eigenvalue weighted by Crippen LogP contribution is 2.37. The summed E-state index contributed by atoms with van der Waals surface area (Å²) in [6.07, 6.45) is -3.58. The van der Waals surface area contributed by atoms with E-state index in [1.165, 1.54) is 6.07 Å². The Morgan fingerprint density at radius 2 is 1.48 bits per heavy atom. The van der Waals surface area contributed by atoms with Crippen molar-refractivity contribution >= 4 is 22.1 Å². The second-order valence-corrected chi connectivity index (χ2v) is 7.53. The Hall–Kier alpha value is -3.67. The third-order valence-electron chi connectivity index (χ3n) is 5.47. The number of furan rings is 1. The van der Waals surface area contributed by atoms with Crippen molar-refractivity contribution in [1.82, 2.24) is 9.97 Å². The Morgan fingerprint density at radius 1 is 0.774 bits per heavy atom. The molecule has 0 N–H and O–H groups in total. The molecule has 0 saturated heterocycles. The van der Waals surface area contributed by atoms with Crippen LogP contribution in [0.1, 0.15) is 16.7 Å². The minimum absolute atomic E-state index is 0.410. The molecular weight excluding hydrogens is 401 g/mol. The van der Waals surface area contributed by atoms with Gasteiger partial charge in [0.15, 0.2) is 0 Å². The van der Waals surface area contributed by atoms with Crippen molar-refractivity contribution in [1.29, 1.82) is 0 Å². The number of hydrogen-bond donors (Lipinski definition) is 0. The molecule has 0 saturated carbocycles. The van der Waals surface area contributed by atoms with Gasteiger partial charge in [-0.1, -0.05) is 30.3 Å². The molecule has 6 heteroatoms. The molecule has 31 heavy (non-hydrogen) atoms. The zero-order valence-corrected chi connectivity index (χ0v) is 16.8. The normalized spacial score (nSPS) is 12.0. The molecule has 0 amide bonds. The van der Waals surface area contributed by atoms with Gasteiger partial charge in [0, 0.05) is 28.1 Å². The maximum Gasteiger partial charge on any atom is 0.417 e. The van der Waals surface area contributed by atoms with Crippen molar-refractivity contribution in [2.45, 2.75) is 20.0 Å². The van der Waals surface area contributed by atoms with E-state index in [0.717, 1.165) is 45.4 Å². The Labute approximate surface area is 176 Å². The fraction of sp³-hybridized carbons (Fsp3) is 0.120. The standard InChI is InChI=1S/C25H17F3N2O/c1-14-5-3-6-15(2)22(14)21-12-10-18-17-7-4-8-19(23(17)31-24(18)30-21)20-11-9-16(13-29-20)25(26,27)28/h3-13H,1-2H3. The largest absolute Gasteiger partial charge is 0.437 e. The number of aryl methyl sites for hydroxylation is 2. The lowest BCUT2D eigenvalue weighted by Crippen LogP contribution is -2.05. The number of pyridine rings is 2. The number of fused-ring (bicyclic) bond motifs is 3. The van der Waals surface area contributed by atoms with Gasteiger partial charge in [0.1, 0.15) is 5.58 Å². The van der Waals surface area contributed by atoms with Crippen LogP contribution in [0, 0.1) is 13.8 Å². The molecule has 0 unspecified atom stereocenters. The second-order valence-electron chi connectivity index (χ2n) is 7.53. The van der Waals surface area contributed by atoms with Gasteiger partial charge in [-0.15, -0.1) is 0 Å². The molecule has 0 bridgehead atoms. The molecule has 3 nitrogen and oxygen atoms in total. The summed E-state index contributed by atoms with van der Waals surface area (Å²) in [6.45, 7) is 4.09. The predicted molar refractivity (Wildman–Crippen MR) is 115 cm³/mol. The van der Waals surface area contributed by atoms with Crippen LogP contribution in [0.4, 0.5) is 13.2 Å². The van der Waals surface area contributed by atoms with Gasteiger partial charge >= 0.3 is 6.18 Å². The number of alkyl halides is 3. The van der Waals surface area contributed by atoms with Gasteiger partial charge in [-0.3, -0.25) is 4.98 Å². The molecular formula is C25H17F3N2O. The maximum atomic E-state index is 12.9. The van der Waals surface area contributed by atoms with E-state index in [0.29, 0.717) is 22.6 Å². The van der Waals surface area contributed by atoms with Crippen molar-refractivity contribution < 1.29 is 17.6 Å². The van der Waals surface area contributed by atoms with E-state index in [-0.39, 0.29) is 0 Å². The van der Waals surface area contributed by atoms with Gasteiger partial charge in [0.2, 0.25) is 5.71 Å². The van der Waals surface area contributed by atoms with Gasteiger partial charge in [0.25, 0.3) is 0 Å². The van der Waals surface area contributed by atoms with Gasteiger partial charge in [-0.05, 0) is 55.3 Å². The summed E-state index contributed by atoms with van der Waals surface area (Å²) in [7, 11) is 0. The summed E-state index contributed by atoms with van der Waals surface area (Å²) in [5.74, 6) is 0. The Bertz CT molecular complexity index is 1410. The zero-order chi connectivity index (χ0) is 21.8. The molecule has 0 radical (unpaired) electrons. The molecule has 3 heterocycles. The third-order valence-corrected chi connectivity index (χ3v) is 5.47. The van der Waals surface area contributed by atoms with Crippen LogP contribution < -0.4 is 0 Å². The third kappa shape index (κ3) is 3.24. The Balaban J connectivity index is 1.67. The van der Waals surface area contributed by atoms with Crippen LogP contribution in [0.5, 0.6) is 0 Å². The molecule has 154 valence electrons. The molecule has 0 aliphatic rings. The molecule has 0 atom stereocenters. The van der Waals surface area contributed by atoms with Crippen LogP contribution >= 0.6 is 0 Å². The number of halogens is 3. The first-order valence-corrected chi connectivity index (χ1v) is 9.75. The fourth-order valence-electron chi connectivity index (χ4n) is 3.96. The topological polar surface area (TPSA) is 38.9 Å². The van der Waals surface area contributed by atoms with Crippen molar-refractivity contribution in [3.8, 4) is 22.5 Å². The van der Waals surface area contributed by atoms with E-state index in [2.05, 4.69) is 4.98 Å². The van der Waals surface area contributed by atoms with Crippen molar-refractivity contribution in [2.75, 3.05) is 0 Å². The highest BCUT2D eigenvalue weighted by molar-refractivity contribution is 6.08. The Morgan fingerprint density at radius 3 is 2.16 bits per heavy atom. The minimum Gasteiger partial charge on any atom is -0.437 e. The highest BCUT2D eigenvalue weighted by atomic mass is 19.4. The van der Waals surface area contributed by atoms with E-state index < -0.39 is 11.7 Å². The quantitative estimate of drug-likeness (QED) is 0.301. The van der Waals surface area contributed by atoms with Gasteiger partial charge < -0.3 is 4.42 Å². The van der Waals surface area contributed by atoms with Crippen LogP contribution in [-0.2, 0) is 6.18 Å². The van der Waals surface area contributed by atoms with Crippen LogP contribution in [-0.4, -0.2) is 9.97 Å². The van der Waals surface area contributed by atoms with Crippen LogP contribution in [0.25, 0.3) is 44.6 Å². The van der Waals surface area contributed by atoms with Crippen molar-refractivity contribution in [3.05, 3.63) is 83.6 Å². The van der Waals surface area contributed by atoms with Gasteiger partial charge in [-0.25, -0.2) is 4.98 Å². The average Bonchev–Trinajstić information content (AvgIpc) is 3.11. The van der Waals surface area contributed by atoms with E-state index in [1.807, 2.05) is 56.3 Å². The lowest BCUT2D eigenvalue weighted by atomic mass is 9.99. The van der Waals surface area contributed by atoms with Crippen LogP contribution in [0.15, 0.2) is 71.3 Å². The summed E-state index contributed by atoms with van der Waals surface area (Å²) in [4.78, 5) is 8.77. The molecule has 0 aliphatic carbocycles. The van der Waals surface area contributed by atoms with Crippen LogP contribution in [0.2, 0.25) is 0 Å². The van der Waals surface area contributed by atoms with Crippen molar-refractivity contribution in [3.63, 3.8) is 0 Å². The number of benzene rings is 2. The van der Waals surface area contributed by atoms with Gasteiger partial charge in [0.05, 0.1) is 17.0 Å². The van der Waals surface area contributed by atoms with Crippen LogP contribution in [0.3, 0.4) is 0 Å². The second kappa shape index (κ2) is 6.94.